The van der Waals surface area contributed by atoms with Crippen molar-refractivity contribution in [3.8, 4) is 0 Å². The maximum Gasteiger partial charge on any atom is 0.291 e. The Hall–Kier alpha value is -0.860. The molecular formula is C7H15NO10S2. The Kier molecular flexibility index (Phi) is 6.92. The molecule has 0 amide bonds. The van der Waals surface area contributed by atoms with Crippen molar-refractivity contribution in [2.75, 3.05) is 0 Å². The van der Waals surface area contributed by atoms with Gasteiger partial charge in [0, 0.05) is 17.8 Å². The van der Waals surface area contributed by atoms with Gasteiger partial charge >= 0.3 is 0 Å². The van der Waals surface area contributed by atoms with E-state index in [1.54, 1.807) is 0 Å². The minimum absolute atomic E-state index is 0.466. The van der Waals surface area contributed by atoms with Crippen molar-refractivity contribution in [3.63, 3.8) is 0 Å². The molecule has 3 atom stereocenters. The van der Waals surface area contributed by atoms with Crippen molar-refractivity contribution in [2.45, 2.75) is 42.6 Å². The fourth-order valence-electron chi connectivity index (χ4n) is 1.32. The number of aliphatic hydroxyl groups is 2. The molecule has 0 aromatic rings. The van der Waals surface area contributed by atoms with Crippen LogP contribution in [0.4, 0.5) is 0 Å². The zero-order valence-electron chi connectivity index (χ0n) is 10.1. The van der Waals surface area contributed by atoms with E-state index < -0.39 is 67.8 Å². The van der Waals surface area contributed by atoms with E-state index in [9.17, 15) is 26.9 Å². The Balaban J connectivity index is 4.51. The van der Waals surface area contributed by atoms with Gasteiger partial charge in [0.05, 0.1) is 0 Å². The second kappa shape index (κ2) is 7.24. The molecule has 0 bridgehead atoms. The third-order valence-corrected chi connectivity index (χ3v) is 4.33. The molecule has 0 aliphatic heterocycles. The van der Waals surface area contributed by atoms with E-state index in [1.165, 1.54) is 0 Å². The second-order valence-electron chi connectivity index (χ2n) is 4.03. The molecule has 0 aliphatic carbocycles. The van der Waals surface area contributed by atoms with Gasteiger partial charge in [-0.15, -0.1) is 0 Å². The lowest BCUT2D eigenvalue weighted by Crippen LogP contribution is -2.28. The van der Waals surface area contributed by atoms with Crippen LogP contribution in [-0.4, -0.2) is 58.0 Å². The Morgan fingerprint density at radius 3 is 1.35 bits per heavy atom. The molecule has 0 aromatic heterocycles. The van der Waals surface area contributed by atoms with Crippen molar-refractivity contribution in [3.05, 3.63) is 10.1 Å². The lowest BCUT2D eigenvalue weighted by atomic mass is 10.1. The van der Waals surface area contributed by atoms with Crippen LogP contribution in [-0.2, 0) is 20.2 Å². The molecule has 0 heterocycles. The lowest BCUT2D eigenvalue weighted by molar-refractivity contribution is -0.524. The monoisotopic (exact) mass is 337 g/mol. The van der Waals surface area contributed by atoms with Gasteiger partial charge < -0.3 is 10.2 Å². The summed E-state index contributed by atoms with van der Waals surface area (Å²) < 4.78 is 58.9. The first kappa shape index (κ1) is 19.1. The van der Waals surface area contributed by atoms with E-state index in [2.05, 4.69) is 0 Å². The van der Waals surface area contributed by atoms with Gasteiger partial charge in [-0.05, 0) is 12.8 Å². The third kappa shape index (κ3) is 7.06. The SMILES string of the molecule is O=[N+]([O-])C(CCC(O)S(=O)(=O)O)CC[C@H](O)S(=O)(=O)O. The zero-order chi connectivity index (χ0) is 16.1. The molecule has 4 N–H and O–H groups in total. The first-order valence-electron chi connectivity index (χ1n) is 5.28. The van der Waals surface area contributed by atoms with Gasteiger partial charge in [-0.2, -0.15) is 16.8 Å². The van der Waals surface area contributed by atoms with Crippen molar-refractivity contribution in [2.24, 2.45) is 0 Å². The van der Waals surface area contributed by atoms with E-state index in [-0.39, 0.29) is 0 Å². The number of nitro groups is 1. The molecule has 0 aliphatic rings. The summed E-state index contributed by atoms with van der Waals surface area (Å²) in [6.45, 7) is 0. The van der Waals surface area contributed by atoms with Crippen LogP contribution >= 0.6 is 0 Å². The number of aliphatic hydroxyl groups excluding tert-OH is 2. The van der Waals surface area contributed by atoms with E-state index in [0.717, 1.165) is 0 Å². The topological polar surface area (TPSA) is 192 Å². The summed E-state index contributed by atoms with van der Waals surface area (Å²) in [4.78, 5) is 9.80. The van der Waals surface area contributed by atoms with Crippen molar-refractivity contribution in [1.29, 1.82) is 0 Å². The fraction of sp³-hybridized carbons (Fsp3) is 1.00. The van der Waals surface area contributed by atoms with Gasteiger partial charge in [-0.1, -0.05) is 0 Å². The summed E-state index contributed by atoms with van der Waals surface area (Å²) >= 11 is 0. The number of nitrogens with zero attached hydrogens (tertiary/aromatic N) is 1. The molecule has 0 radical (unpaired) electrons. The van der Waals surface area contributed by atoms with Gasteiger partial charge in [-0.25, -0.2) is 0 Å². The van der Waals surface area contributed by atoms with Crippen LogP contribution in [0.1, 0.15) is 25.7 Å². The van der Waals surface area contributed by atoms with Crippen LogP contribution in [0.2, 0.25) is 0 Å². The number of hydrogen-bond donors (Lipinski definition) is 4. The van der Waals surface area contributed by atoms with Gasteiger partial charge in [0.1, 0.15) is 0 Å². The van der Waals surface area contributed by atoms with Gasteiger partial charge in [0.25, 0.3) is 20.2 Å². The van der Waals surface area contributed by atoms with E-state index in [0.29, 0.717) is 0 Å². The number of rotatable bonds is 9. The summed E-state index contributed by atoms with van der Waals surface area (Å²) in [6, 6.07) is -1.44. The summed E-state index contributed by atoms with van der Waals surface area (Å²) in [5, 5.41) is 28.6. The second-order valence-corrected chi connectivity index (χ2v) is 7.18. The molecule has 0 saturated heterocycles. The minimum atomic E-state index is -4.73. The van der Waals surface area contributed by atoms with Gasteiger partial charge in [0.2, 0.25) is 6.04 Å². The van der Waals surface area contributed by atoms with Crippen LogP contribution in [0.25, 0.3) is 0 Å². The highest BCUT2D eigenvalue weighted by Crippen LogP contribution is 2.15. The zero-order valence-corrected chi connectivity index (χ0v) is 11.7. The van der Waals surface area contributed by atoms with Crippen molar-refractivity contribution < 1.29 is 41.1 Å². The molecule has 13 heteroatoms. The maximum atomic E-state index is 10.6. The van der Waals surface area contributed by atoms with Crippen LogP contribution in [0, 0.1) is 10.1 Å². The van der Waals surface area contributed by atoms with Crippen LogP contribution in [0.3, 0.4) is 0 Å². The molecule has 0 rings (SSSR count). The largest absolute Gasteiger partial charge is 0.375 e. The average Bonchev–Trinajstić information content (AvgIpc) is 2.24. The third-order valence-electron chi connectivity index (χ3n) is 2.48. The van der Waals surface area contributed by atoms with E-state index in [4.69, 9.17) is 19.3 Å². The Morgan fingerprint density at radius 1 is 0.850 bits per heavy atom. The van der Waals surface area contributed by atoms with Crippen molar-refractivity contribution in [1.82, 2.24) is 0 Å². The molecular weight excluding hydrogens is 322 g/mol. The van der Waals surface area contributed by atoms with Gasteiger partial charge in [0.15, 0.2) is 10.9 Å². The van der Waals surface area contributed by atoms with E-state index >= 15 is 0 Å². The van der Waals surface area contributed by atoms with Crippen LogP contribution in [0.15, 0.2) is 0 Å². The number of hydrogen-bond acceptors (Lipinski definition) is 8. The average molecular weight is 337 g/mol. The molecule has 120 valence electrons. The summed E-state index contributed by atoms with van der Waals surface area (Å²) in [5.74, 6) is 0. The fourth-order valence-corrected chi connectivity index (χ4v) is 2.19. The summed E-state index contributed by atoms with van der Waals surface area (Å²) in [7, 11) is -9.46. The normalized spacial score (nSPS) is 17.4. The highest BCUT2D eigenvalue weighted by atomic mass is 32.2. The quantitative estimate of drug-likeness (QED) is 0.221. The lowest BCUT2D eigenvalue weighted by Gasteiger charge is -2.13. The standard InChI is InChI=1S/C7H15NO10S2/c9-6(19(13,14)15)3-1-5(8(11)12)2-4-7(10)20(16,17)18/h5-7,9-10H,1-4H2,(H,13,14,15)(H,16,17,18)/t5?,6-,7?/m1/s1. The molecule has 0 saturated carbocycles. The molecule has 0 spiro atoms. The first-order chi connectivity index (χ1) is 8.85. The molecule has 11 nitrogen and oxygen atoms in total. The Bertz CT molecular complexity index is 484. The van der Waals surface area contributed by atoms with Crippen LogP contribution < -0.4 is 0 Å². The smallest absolute Gasteiger partial charge is 0.291 e. The summed E-state index contributed by atoms with van der Waals surface area (Å²) in [5.41, 5.74) is -4.37. The maximum absolute atomic E-state index is 10.6. The van der Waals surface area contributed by atoms with Gasteiger partial charge in [-0.3, -0.25) is 19.2 Å². The predicted octanol–water partition coefficient (Wildman–Crippen LogP) is -1.40. The molecule has 2 unspecified atom stereocenters. The van der Waals surface area contributed by atoms with Crippen LogP contribution in [0.5, 0.6) is 0 Å². The molecule has 0 aromatic carbocycles. The molecule has 20 heavy (non-hydrogen) atoms. The summed E-state index contributed by atoms with van der Waals surface area (Å²) in [6.07, 6.45) is -2.20. The highest BCUT2D eigenvalue weighted by Gasteiger charge is 2.29. The van der Waals surface area contributed by atoms with E-state index in [1.807, 2.05) is 0 Å². The van der Waals surface area contributed by atoms with Crippen molar-refractivity contribution >= 4 is 20.2 Å². The highest BCUT2D eigenvalue weighted by molar-refractivity contribution is 7.86. The first-order valence-corrected chi connectivity index (χ1v) is 8.28. The Morgan fingerprint density at radius 2 is 1.15 bits per heavy atom. The molecule has 0 fully saturated rings. The minimum Gasteiger partial charge on any atom is -0.375 e. The Labute approximate surface area is 114 Å². The predicted molar refractivity (Wildman–Crippen MR) is 64.4 cm³/mol.